The van der Waals surface area contributed by atoms with Crippen molar-refractivity contribution in [3.63, 3.8) is 0 Å². The van der Waals surface area contributed by atoms with Crippen molar-refractivity contribution in [1.82, 2.24) is 15.0 Å². The number of H-pyrrole nitrogens is 1. The molecule has 0 spiro atoms. The van der Waals surface area contributed by atoms with Crippen LogP contribution in [0.1, 0.15) is 32.1 Å². The minimum atomic E-state index is -0.618. The molecule has 0 amide bonds. The van der Waals surface area contributed by atoms with Gasteiger partial charge in [0.2, 0.25) is 0 Å². The molecule has 0 saturated heterocycles. The Morgan fingerprint density at radius 2 is 1.93 bits per heavy atom. The number of anilines is 1. The lowest BCUT2D eigenvalue weighted by Crippen LogP contribution is -2.22. The lowest BCUT2D eigenvalue weighted by atomic mass is 9.95. The van der Waals surface area contributed by atoms with Crippen molar-refractivity contribution < 1.29 is 8.78 Å². The van der Waals surface area contributed by atoms with Crippen molar-refractivity contribution in [2.24, 2.45) is 0 Å². The molecule has 146 valence electrons. The van der Waals surface area contributed by atoms with Crippen molar-refractivity contribution in [1.29, 1.82) is 0 Å². The summed E-state index contributed by atoms with van der Waals surface area (Å²) < 4.78 is 27.8. The van der Waals surface area contributed by atoms with Crippen LogP contribution in [0.15, 0.2) is 41.7 Å². The molecule has 2 heterocycles. The second-order valence-electron chi connectivity index (χ2n) is 7.00. The van der Waals surface area contributed by atoms with Crippen LogP contribution in [0, 0.1) is 11.6 Å². The van der Waals surface area contributed by atoms with E-state index in [4.69, 9.17) is 0 Å². The number of thioether (sulfide) groups is 1. The van der Waals surface area contributed by atoms with E-state index < -0.39 is 11.6 Å². The lowest BCUT2D eigenvalue weighted by molar-refractivity contribution is 0.462. The fourth-order valence-electron chi connectivity index (χ4n) is 3.66. The molecule has 28 heavy (non-hydrogen) atoms. The van der Waals surface area contributed by atoms with Gasteiger partial charge in [0.05, 0.1) is 11.4 Å². The van der Waals surface area contributed by atoms with Gasteiger partial charge in [0.25, 0.3) is 0 Å². The third-order valence-electron chi connectivity index (χ3n) is 5.07. The van der Waals surface area contributed by atoms with Crippen LogP contribution in [0.5, 0.6) is 0 Å². The number of pyridine rings is 1. The monoisotopic (exact) mass is 400 g/mol. The van der Waals surface area contributed by atoms with Crippen LogP contribution in [-0.2, 0) is 0 Å². The van der Waals surface area contributed by atoms with Crippen LogP contribution in [0.3, 0.4) is 0 Å². The van der Waals surface area contributed by atoms with E-state index in [1.807, 2.05) is 18.4 Å². The Morgan fingerprint density at radius 3 is 2.68 bits per heavy atom. The van der Waals surface area contributed by atoms with Crippen LogP contribution in [0.25, 0.3) is 22.5 Å². The minimum absolute atomic E-state index is 0.294. The molecular formula is C21H22F2N4S. The summed E-state index contributed by atoms with van der Waals surface area (Å²) in [5.74, 6) is -0.425. The molecule has 1 aromatic carbocycles. The molecule has 1 aliphatic carbocycles. The fourth-order valence-corrected chi connectivity index (χ4v) is 4.04. The molecule has 3 aromatic rings. The topological polar surface area (TPSA) is 53.6 Å². The largest absolute Gasteiger partial charge is 0.367 e. The molecule has 0 atom stereocenters. The predicted molar refractivity (Wildman–Crippen MR) is 109 cm³/mol. The number of aromatic amines is 1. The molecule has 1 saturated carbocycles. The number of benzene rings is 1. The highest BCUT2D eigenvalue weighted by molar-refractivity contribution is 7.98. The van der Waals surface area contributed by atoms with Crippen molar-refractivity contribution in [3.05, 3.63) is 48.2 Å². The highest BCUT2D eigenvalue weighted by atomic mass is 32.2. The molecule has 2 N–H and O–H groups in total. The van der Waals surface area contributed by atoms with E-state index in [9.17, 15) is 8.78 Å². The Kier molecular flexibility index (Phi) is 5.62. The fraction of sp³-hybridized carbons (Fsp3) is 0.333. The van der Waals surface area contributed by atoms with E-state index in [1.54, 1.807) is 6.20 Å². The third kappa shape index (κ3) is 4.04. The summed E-state index contributed by atoms with van der Waals surface area (Å²) in [6.07, 6.45) is 9.70. The average Bonchev–Trinajstić information content (AvgIpc) is 3.13. The van der Waals surface area contributed by atoms with Gasteiger partial charge in [-0.2, -0.15) is 0 Å². The van der Waals surface area contributed by atoms with Crippen LogP contribution in [0.4, 0.5) is 14.6 Å². The number of hydrogen-bond acceptors (Lipinski definition) is 4. The molecule has 0 bridgehead atoms. The van der Waals surface area contributed by atoms with Gasteiger partial charge in [0.15, 0.2) is 5.16 Å². The number of aromatic nitrogens is 3. The first kappa shape index (κ1) is 18.9. The molecule has 4 nitrogen and oxygen atoms in total. The lowest BCUT2D eigenvalue weighted by Gasteiger charge is -2.23. The zero-order valence-electron chi connectivity index (χ0n) is 15.6. The zero-order valence-corrected chi connectivity index (χ0v) is 16.5. The van der Waals surface area contributed by atoms with E-state index in [0.717, 1.165) is 30.3 Å². The Bertz CT molecular complexity index is 967. The first-order chi connectivity index (χ1) is 13.6. The average molecular weight is 400 g/mol. The summed E-state index contributed by atoms with van der Waals surface area (Å²) in [6, 6.07) is 7.82. The molecule has 4 rings (SSSR count). The van der Waals surface area contributed by atoms with Crippen molar-refractivity contribution in [3.8, 4) is 22.5 Å². The van der Waals surface area contributed by atoms with Gasteiger partial charge in [-0.05, 0) is 43.4 Å². The third-order valence-corrected chi connectivity index (χ3v) is 5.65. The highest BCUT2D eigenvalue weighted by Gasteiger charge is 2.19. The van der Waals surface area contributed by atoms with E-state index in [0.29, 0.717) is 28.1 Å². The SMILES string of the molecule is CSc1nc(-c2ccnc(NC3CCCCC3)c2)c(-c2ccc(F)cc2F)[nH]1. The normalized spacial score (nSPS) is 15.0. The van der Waals surface area contributed by atoms with Gasteiger partial charge < -0.3 is 10.3 Å². The molecule has 1 fully saturated rings. The van der Waals surface area contributed by atoms with Gasteiger partial charge in [-0.3, -0.25) is 0 Å². The van der Waals surface area contributed by atoms with Crippen LogP contribution < -0.4 is 5.32 Å². The van der Waals surface area contributed by atoms with Gasteiger partial charge in [-0.25, -0.2) is 18.7 Å². The van der Waals surface area contributed by atoms with Crippen molar-refractivity contribution in [2.75, 3.05) is 11.6 Å². The summed E-state index contributed by atoms with van der Waals surface area (Å²) in [5.41, 5.74) is 2.30. The molecule has 0 unspecified atom stereocenters. The minimum Gasteiger partial charge on any atom is -0.367 e. The van der Waals surface area contributed by atoms with Gasteiger partial charge in [-0.15, -0.1) is 0 Å². The van der Waals surface area contributed by atoms with Gasteiger partial charge in [-0.1, -0.05) is 31.0 Å². The van der Waals surface area contributed by atoms with Gasteiger partial charge >= 0.3 is 0 Å². The summed E-state index contributed by atoms with van der Waals surface area (Å²) in [7, 11) is 0. The van der Waals surface area contributed by atoms with Crippen LogP contribution in [-0.4, -0.2) is 27.2 Å². The molecule has 0 aliphatic heterocycles. The Balaban J connectivity index is 1.70. The summed E-state index contributed by atoms with van der Waals surface area (Å²) in [5, 5.41) is 4.19. The first-order valence-electron chi connectivity index (χ1n) is 9.46. The molecular weight excluding hydrogens is 378 g/mol. The van der Waals surface area contributed by atoms with Gasteiger partial charge in [0.1, 0.15) is 17.5 Å². The highest BCUT2D eigenvalue weighted by Crippen LogP contribution is 2.34. The number of nitrogens with one attached hydrogen (secondary N) is 2. The molecule has 7 heteroatoms. The maximum Gasteiger partial charge on any atom is 0.166 e. The van der Waals surface area contributed by atoms with Crippen LogP contribution in [0.2, 0.25) is 0 Å². The number of hydrogen-bond donors (Lipinski definition) is 2. The van der Waals surface area contributed by atoms with Crippen LogP contribution >= 0.6 is 11.8 Å². The van der Waals surface area contributed by atoms with Crippen molar-refractivity contribution >= 4 is 17.6 Å². The predicted octanol–water partition coefficient (Wildman–Crippen LogP) is 5.88. The Labute approximate surface area is 167 Å². The zero-order chi connectivity index (χ0) is 19.5. The maximum absolute atomic E-state index is 14.4. The second kappa shape index (κ2) is 8.31. The smallest absolute Gasteiger partial charge is 0.166 e. The Hall–Kier alpha value is -2.41. The number of nitrogens with zero attached hydrogens (tertiary/aromatic N) is 2. The second-order valence-corrected chi connectivity index (χ2v) is 7.80. The first-order valence-corrected chi connectivity index (χ1v) is 10.7. The summed E-state index contributed by atoms with van der Waals surface area (Å²) >= 11 is 1.44. The number of rotatable bonds is 5. The van der Waals surface area contributed by atoms with Gasteiger partial charge in [0, 0.05) is 29.4 Å². The molecule has 1 aliphatic rings. The van der Waals surface area contributed by atoms with E-state index in [2.05, 4.69) is 20.3 Å². The summed E-state index contributed by atoms with van der Waals surface area (Å²) in [4.78, 5) is 12.2. The standard InChI is InChI=1S/C21H22F2N4S/c1-28-21-26-19(20(27-21)16-8-7-14(22)12-17(16)23)13-9-10-24-18(11-13)25-15-5-3-2-4-6-15/h7-12,15H,2-6H2,1H3,(H,24,25)(H,26,27). The Morgan fingerprint density at radius 1 is 1.11 bits per heavy atom. The van der Waals surface area contributed by atoms with E-state index in [1.165, 1.54) is 43.2 Å². The van der Waals surface area contributed by atoms with Crippen molar-refractivity contribution in [2.45, 2.75) is 43.3 Å². The summed E-state index contributed by atoms with van der Waals surface area (Å²) in [6.45, 7) is 0. The quantitative estimate of drug-likeness (QED) is 0.525. The van der Waals surface area contributed by atoms with E-state index in [-0.39, 0.29) is 0 Å². The number of imidazole rings is 1. The number of halogens is 2. The maximum atomic E-state index is 14.4. The molecule has 0 radical (unpaired) electrons. The van der Waals surface area contributed by atoms with E-state index >= 15 is 0 Å². The molecule has 2 aromatic heterocycles.